The fraction of sp³-hybridized carbons (Fsp3) is 0.238. The maximum Gasteiger partial charge on any atom is 0.317 e. The number of rotatable bonds is 7. The van der Waals surface area contributed by atoms with Crippen LogP contribution >= 0.6 is 11.3 Å². The maximum absolute atomic E-state index is 11.6. The number of carbonyl (C=O) groups excluding carboxylic acids is 2. The molecule has 1 fully saturated rings. The van der Waals surface area contributed by atoms with E-state index in [4.69, 9.17) is 4.98 Å². The van der Waals surface area contributed by atoms with E-state index in [1.165, 1.54) is 0 Å². The molecule has 0 unspecified atom stereocenters. The molecular formula is C21H21N5O2S. The van der Waals surface area contributed by atoms with Crippen LogP contribution in [0.4, 0.5) is 10.7 Å². The van der Waals surface area contributed by atoms with E-state index >= 15 is 0 Å². The van der Waals surface area contributed by atoms with Gasteiger partial charge in [-0.05, 0) is 23.9 Å². The predicted octanol–water partition coefficient (Wildman–Crippen LogP) is 3.51. The number of amides is 2. The van der Waals surface area contributed by atoms with Crippen molar-refractivity contribution in [3.8, 4) is 21.7 Å². The highest BCUT2D eigenvalue weighted by Crippen LogP contribution is 2.33. The maximum atomic E-state index is 11.6. The van der Waals surface area contributed by atoms with Crippen molar-refractivity contribution in [2.24, 2.45) is 0 Å². The number of hydrogen-bond acceptors (Lipinski definition) is 6. The van der Waals surface area contributed by atoms with Crippen LogP contribution in [0.1, 0.15) is 17.3 Å². The number of hydrogen-bond donors (Lipinski definition) is 2. The minimum absolute atomic E-state index is 0.0312. The average molecular weight is 407 g/mol. The second-order valence-corrected chi connectivity index (χ2v) is 7.66. The van der Waals surface area contributed by atoms with Crippen molar-refractivity contribution in [2.45, 2.75) is 6.92 Å². The molecule has 0 atom stereocenters. The van der Waals surface area contributed by atoms with Crippen LogP contribution in [-0.2, 0) is 0 Å². The summed E-state index contributed by atoms with van der Waals surface area (Å²) in [4.78, 5) is 35.2. The van der Waals surface area contributed by atoms with Crippen molar-refractivity contribution >= 4 is 29.1 Å². The lowest BCUT2D eigenvalue weighted by Crippen LogP contribution is -2.32. The average Bonchev–Trinajstić information content (AvgIpc) is 3.40. The number of aromatic nitrogens is 2. The van der Waals surface area contributed by atoms with Crippen molar-refractivity contribution in [1.82, 2.24) is 20.2 Å². The van der Waals surface area contributed by atoms with Gasteiger partial charge in [0.15, 0.2) is 5.78 Å². The summed E-state index contributed by atoms with van der Waals surface area (Å²) in [6.07, 6.45) is 1.80. The van der Waals surface area contributed by atoms with Crippen LogP contribution in [0.3, 0.4) is 0 Å². The van der Waals surface area contributed by atoms with Crippen LogP contribution in [0, 0.1) is 0 Å². The Morgan fingerprint density at radius 2 is 2.10 bits per heavy atom. The Hall–Kier alpha value is -3.26. The highest BCUT2D eigenvalue weighted by atomic mass is 32.1. The van der Waals surface area contributed by atoms with Gasteiger partial charge in [-0.15, -0.1) is 11.3 Å². The third-order valence-corrected chi connectivity index (χ3v) is 5.63. The van der Waals surface area contributed by atoms with Crippen LogP contribution in [0.5, 0.6) is 0 Å². The molecule has 8 heteroatoms. The highest BCUT2D eigenvalue weighted by Gasteiger charge is 2.19. The number of nitrogens with zero attached hydrogens (tertiary/aromatic N) is 3. The number of carbonyl (C=O) groups is 2. The summed E-state index contributed by atoms with van der Waals surface area (Å²) in [7, 11) is 0. The third kappa shape index (κ3) is 4.27. The Labute approximate surface area is 172 Å². The summed E-state index contributed by atoms with van der Waals surface area (Å²) in [5, 5.41) is 8.02. The molecule has 0 saturated carbocycles. The third-order valence-electron chi connectivity index (χ3n) is 4.76. The van der Waals surface area contributed by atoms with Gasteiger partial charge in [-0.3, -0.25) is 4.79 Å². The van der Waals surface area contributed by atoms with E-state index in [1.54, 1.807) is 29.4 Å². The van der Waals surface area contributed by atoms with E-state index in [0.717, 1.165) is 28.2 Å². The first-order chi connectivity index (χ1) is 14.1. The number of thiophene rings is 1. The van der Waals surface area contributed by atoms with Crippen molar-refractivity contribution < 1.29 is 9.59 Å². The van der Waals surface area contributed by atoms with Gasteiger partial charge < -0.3 is 15.5 Å². The standard InChI is InChI=1S/C21H21N5O2S/c1-14(27)15-4-6-16(7-5-15)17-13-24-20(25-19(17)18-3-2-12-29-18)22-8-10-26-11-9-23-21(26)28/h2-7,12-13H,8-11H2,1H3,(H,23,28)(H,22,24,25). The zero-order valence-corrected chi connectivity index (χ0v) is 16.8. The van der Waals surface area contributed by atoms with Crippen LogP contribution in [0.2, 0.25) is 0 Å². The van der Waals surface area contributed by atoms with Crippen molar-refractivity contribution in [1.29, 1.82) is 0 Å². The zero-order valence-electron chi connectivity index (χ0n) is 16.0. The van der Waals surface area contributed by atoms with E-state index < -0.39 is 0 Å². The molecule has 7 nitrogen and oxygen atoms in total. The van der Waals surface area contributed by atoms with E-state index in [1.807, 2.05) is 41.8 Å². The number of benzene rings is 1. The first-order valence-corrected chi connectivity index (χ1v) is 10.3. The molecule has 2 amide bonds. The van der Waals surface area contributed by atoms with Crippen molar-refractivity contribution in [3.63, 3.8) is 0 Å². The molecule has 29 heavy (non-hydrogen) atoms. The first-order valence-electron chi connectivity index (χ1n) is 9.41. The molecule has 2 aromatic heterocycles. The number of nitrogens with one attached hydrogen (secondary N) is 2. The molecule has 0 radical (unpaired) electrons. The molecular weight excluding hydrogens is 386 g/mol. The monoisotopic (exact) mass is 407 g/mol. The van der Waals surface area contributed by atoms with Gasteiger partial charge in [0.2, 0.25) is 5.95 Å². The Morgan fingerprint density at radius 3 is 2.76 bits per heavy atom. The van der Waals surface area contributed by atoms with Crippen LogP contribution in [-0.4, -0.2) is 52.9 Å². The molecule has 3 aromatic rings. The largest absolute Gasteiger partial charge is 0.352 e. The number of anilines is 1. The topological polar surface area (TPSA) is 87.2 Å². The first kappa shape index (κ1) is 19.1. The second kappa shape index (κ2) is 8.40. The van der Waals surface area contributed by atoms with Crippen molar-refractivity contribution in [3.05, 3.63) is 53.5 Å². The lowest BCUT2D eigenvalue weighted by Gasteiger charge is -2.15. The summed E-state index contributed by atoms with van der Waals surface area (Å²) < 4.78 is 0. The number of ketones is 1. The Morgan fingerprint density at radius 1 is 1.28 bits per heavy atom. The molecule has 4 rings (SSSR count). The second-order valence-electron chi connectivity index (χ2n) is 6.71. The fourth-order valence-corrected chi connectivity index (χ4v) is 3.92. The van der Waals surface area contributed by atoms with Crippen LogP contribution in [0.25, 0.3) is 21.7 Å². The summed E-state index contributed by atoms with van der Waals surface area (Å²) in [5.74, 6) is 0.564. The summed E-state index contributed by atoms with van der Waals surface area (Å²) in [5.41, 5.74) is 3.38. The molecule has 1 aromatic carbocycles. The van der Waals surface area contributed by atoms with E-state index in [9.17, 15) is 9.59 Å². The van der Waals surface area contributed by atoms with Gasteiger partial charge in [0.25, 0.3) is 0 Å². The molecule has 2 N–H and O–H groups in total. The lowest BCUT2D eigenvalue weighted by atomic mass is 10.0. The lowest BCUT2D eigenvalue weighted by molar-refractivity contribution is 0.101. The molecule has 1 aliphatic heterocycles. The normalized spacial score (nSPS) is 13.4. The zero-order chi connectivity index (χ0) is 20.2. The van der Waals surface area contributed by atoms with Gasteiger partial charge in [-0.25, -0.2) is 14.8 Å². The van der Waals surface area contributed by atoms with E-state index in [2.05, 4.69) is 15.6 Å². The fourth-order valence-electron chi connectivity index (χ4n) is 3.19. The van der Waals surface area contributed by atoms with E-state index in [-0.39, 0.29) is 11.8 Å². The molecule has 3 heterocycles. The van der Waals surface area contributed by atoms with Crippen molar-refractivity contribution in [2.75, 3.05) is 31.5 Å². The van der Waals surface area contributed by atoms with Gasteiger partial charge in [0, 0.05) is 43.5 Å². The van der Waals surface area contributed by atoms with Gasteiger partial charge in [-0.1, -0.05) is 30.3 Å². The summed E-state index contributed by atoms with van der Waals surface area (Å²) in [6.45, 7) is 4.13. The Kier molecular flexibility index (Phi) is 5.53. The summed E-state index contributed by atoms with van der Waals surface area (Å²) in [6, 6.07) is 11.5. The number of urea groups is 1. The molecule has 0 spiro atoms. The van der Waals surface area contributed by atoms with E-state index in [0.29, 0.717) is 31.1 Å². The quantitative estimate of drug-likeness (QED) is 0.585. The van der Waals surface area contributed by atoms with Gasteiger partial charge >= 0.3 is 6.03 Å². The van der Waals surface area contributed by atoms with Crippen LogP contribution in [0.15, 0.2) is 48.0 Å². The molecule has 148 valence electrons. The molecule has 0 aliphatic carbocycles. The van der Waals surface area contributed by atoms with Gasteiger partial charge in [0.1, 0.15) is 0 Å². The van der Waals surface area contributed by atoms with Gasteiger partial charge in [0.05, 0.1) is 10.6 Å². The minimum Gasteiger partial charge on any atom is -0.352 e. The predicted molar refractivity (Wildman–Crippen MR) is 114 cm³/mol. The van der Waals surface area contributed by atoms with Gasteiger partial charge in [-0.2, -0.15) is 0 Å². The minimum atomic E-state index is -0.0312. The SMILES string of the molecule is CC(=O)c1ccc(-c2cnc(NCCN3CCNC3=O)nc2-c2cccs2)cc1. The summed E-state index contributed by atoms with van der Waals surface area (Å²) >= 11 is 1.61. The Bertz CT molecular complexity index is 1020. The van der Waals surface area contributed by atoms with Crippen LogP contribution < -0.4 is 10.6 Å². The highest BCUT2D eigenvalue weighted by molar-refractivity contribution is 7.13. The Balaban J connectivity index is 1.57. The number of Topliss-reactive ketones (excluding diaryl/α,β-unsaturated/α-hetero) is 1. The smallest absolute Gasteiger partial charge is 0.317 e. The molecule has 1 aliphatic rings. The molecule has 1 saturated heterocycles. The molecule has 0 bridgehead atoms.